The number of esters is 1. The van der Waals surface area contributed by atoms with Gasteiger partial charge < -0.3 is 9.15 Å². The van der Waals surface area contributed by atoms with E-state index < -0.39 is 0 Å². The summed E-state index contributed by atoms with van der Waals surface area (Å²) in [7, 11) is 0. The number of aryl methyl sites for hydroxylation is 1. The molecule has 0 aliphatic rings. The van der Waals surface area contributed by atoms with E-state index >= 15 is 0 Å². The summed E-state index contributed by atoms with van der Waals surface area (Å²) in [6.07, 6.45) is 3.12. The number of carbonyl (C=O) groups excluding carboxylic acids is 1. The van der Waals surface area contributed by atoms with Gasteiger partial charge in [0.05, 0.1) is 6.61 Å². The minimum absolute atomic E-state index is 0.340. The molecule has 0 atom stereocenters. The fourth-order valence-corrected chi connectivity index (χ4v) is 1.69. The zero-order valence-corrected chi connectivity index (χ0v) is 9.90. The molecule has 88 valence electrons. The average Bonchev–Trinajstić information content (AvgIpc) is 2.67. The molecule has 0 spiro atoms. The van der Waals surface area contributed by atoms with Gasteiger partial charge in [-0.25, -0.2) is 4.79 Å². The van der Waals surface area contributed by atoms with Crippen LogP contribution in [0, 0.1) is 6.92 Å². The van der Waals surface area contributed by atoms with Crippen molar-refractivity contribution in [3.63, 3.8) is 0 Å². The van der Waals surface area contributed by atoms with Gasteiger partial charge in [0.1, 0.15) is 11.3 Å². The van der Waals surface area contributed by atoms with Crippen molar-refractivity contribution < 1.29 is 13.9 Å². The molecule has 3 nitrogen and oxygen atoms in total. The number of hydrogen-bond acceptors (Lipinski definition) is 3. The van der Waals surface area contributed by atoms with Crippen LogP contribution in [0.1, 0.15) is 18.2 Å². The van der Waals surface area contributed by atoms with E-state index in [-0.39, 0.29) is 5.97 Å². The van der Waals surface area contributed by atoms with Crippen molar-refractivity contribution in [3.05, 3.63) is 41.7 Å². The number of para-hydroxylation sites is 1. The number of benzene rings is 1. The van der Waals surface area contributed by atoms with Crippen molar-refractivity contribution in [1.29, 1.82) is 0 Å². The number of rotatable bonds is 3. The molecule has 0 saturated heterocycles. The number of carbonyl (C=O) groups is 1. The van der Waals surface area contributed by atoms with Crippen molar-refractivity contribution in [2.75, 3.05) is 6.61 Å². The SMILES string of the molecule is CCOC(=O)/C=C/c1cccc2cc(C)oc12. The highest BCUT2D eigenvalue weighted by atomic mass is 16.5. The zero-order valence-electron chi connectivity index (χ0n) is 9.90. The van der Waals surface area contributed by atoms with Crippen molar-refractivity contribution in [2.45, 2.75) is 13.8 Å². The van der Waals surface area contributed by atoms with Crippen LogP contribution in [0.15, 0.2) is 34.8 Å². The van der Waals surface area contributed by atoms with Gasteiger partial charge in [0.15, 0.2) is 0 Å². The first kappa shape index (κ1) is 11.5. The van der Waals surface area contributed by atoms with Crippen molar-refractivity contribution in [1.82, 2.24) is 0 Å². The Kier molecular flexibility index (Phi) is 3.28. The van der Waals surface area contributed by atoms with Crippen molar-refractivity contribution >= 4 is 23.0 Å². The van der Waals surface area contributed by atoms with E-state index in [4.69, 9.17) is 9.15 Å². The molecule has 0 fully saturated rings. The lowest BCUT2D eigenvalue weighted by molar-refractivity contribution is -0.137. The Hall–Kier alpha value is -2.03. The second-order valence-corrected chi connectivity index (χ2v) is 3.71. The van der Waals surface area contributed by atoms with Crippen LogP contribution in [-0.4, -0.2) is 12.6 Å². The minimum atomic E-state index is -0.340. The predicted molar refractivity (Wildman–Crippen MR) is 66.6 cm³/mol. The van der Waals surface area contributed by atoms with Crippen LogP contribution < -0.4 is 0 Å². The largest absolute Gasteiger partial charge is 0.463 e. The fraction of sp³-hybridized carbons (Fsp3) is 0.214. The van der Waals surface area contributed by atoms with Gasteiger partial charge in [-0.1, -0.05) is 18.2 Å². The summed E-state index contributed by atoms with van der Waals surface area (Å²) in [5.41, 5.74) is 1.68. The third-order valence-electron chi connectivity index (χ3n) is 2.38. The van der Waals surface area contributed by atoms with Crippen LogP contribution in [0.3, 0.4) is 0 Å². The second kappa shape index (κ2) is 4.87. The summed E-state index contributed by atoms with van der Waals surface area (Å²) < 4.78 is 10.4. The first-order chi connectivity index (χ1) is 8.20. The molecule has 0 unspecified atom stereocenters. The summed E-state index contributed by atoms with van der Waals surface area (Å²) >= 11 is 0. The molecule has 3 heteroatoms. The maximum absolute atomic E-state index is 11.2. The van der Waals surface area contributed by atoms with Crippen LogP contribution in [0.4, 0.5) is 0 Å². The summed E-state index contributed by atoms with van der Waals surface area (Å²) in [5, 5.41) is 1.04. The van der Waals surface area contributed by atoms with Crippen LogP contribution in [0.5, 0.6) is 0 Å². The number of furan rings is 1. The Morgan fingerprint density at radius 3 is 3.06 bits per heavy atom. The summed E-state index contributed by atoms with van der Waals surface area (Å²) in [6.45, 7) is 4.06. The highest BCUT2D eigenvalue weighted by Gasteiger charge is 2.04. The summed E-state index contributed by atoms with van der Waals surface area (Å²) in [4.78, 5) is 11.2. The molecule has 0 bridgehead atoms. The highest BCUT2D eigenvalue weighted by molar-refractivity contribution is 5.92. The van der Waals surface area contributed by atoms with E-state index in [0.29, 0.717) is 6.61 Å². The molecule has 0 saturated carbocycles. The maximum atomic E-state index is 11.2. The number of ether oxygens (including phenoxy) is 1. The van der Waals surface area contributed by atoms with Crippen LogP contribution >= 0.6 is 0 Å². The Balaban J connectivity index is 2.32. The molecular formula is C14H14O3. The van der Waals surface area contributed by atoms with Gasteiger partial charge >= 0.3 is 5.97 Å². The molecule has 1 aromatic heterocycles. The third-order valence-corrected chi connectivity index (χ3v) is 2.38. The summed E-state index contributed by atoms with van der Waals surface area (Å²) in [6, 6.07) is 7.79. The molecule has 1 heterocycles. The van der Waals surface area contributed by atoms with Gasteiger partial charge in [0.2, 0.25) is 0 Å². The Morgan fingerprint density at radius 1 is 1.47 bits per heavy atom. The third kappa shape index (κ3) is 2.56. The average molecular weight is 230 g/mol. The van der Waals surface area contributed by atoms with Gasteiger partial charge in [-0.2, -0.15) is 0 Å². The normalized spacial score (nSPS) is 11.2. The molecule has 1 aromatic carbocycles. The molecule has 17 heavy (non-hydrogen) atoms. The maximum Gasteiger partial charge on any atom is 0.330 e. The molecule has 0 radical (unpaired) electrons. The summed E-state index contributed by atoms with van der Waals surface area (Å²) in [5.74, 6) is 0.518. The quantitative estimate of drug-likeness (QED) is 0.599. The van der Waals surface area contributed by atoms with Crippen LogP contribution in [0.25, 0.3) is 17.0 Å². The lowest BCUT2D eigenvalue weighted by atomic mass is 10.1. The number of fused-ring (bicyclic) bond motifs is 1. The molecular weight excluding hydrogens is 216 g/mol. The van der Waals surface area contributed by atoms with E-state index in [1.807, 2.05) is 31.2 Å². The van der Waals surface area contributed by atoms with Gasteiger partial charge in [-0.05, 0) is 26.0 Å². The first-order valence-electron chi connectivity index (χ1n) is 5.54. The van der Waals surface area contributed by atoms with E-state index in [2.05, 4.69) is 0 Å². The van der Waals surface area contributed by atoms with Crippen LogP contribution in [-0.2, 0) is 9.53 Å². The van der Waals surface area contributed by atoms with Gasteiger partial charge in [-0.3, -0.25) is 0 Å². The zero-order chi connectivity index (χ0) is 12.3. The van der Waals surface area contributed by atoms with Crippen molar-refractivity contribution in [3.8, 4) is 0 Å². The molecule has 0 aliphatic heterocycles. The number of hydrogen-bond donors (Lipinski definition) is 0. The lowest BCUT2D eigenvalue weighted by Gasteiger charge is -1.96. The van der Waals surface area contributed by atoms with Crippen molar-refractivity contribution in [2.24, 2.45) is 0 Å². The van der Waals surface area contributed by atoms with Gasteiger partial charge in [-0.15, -0.1) is 0 Å². The Morgan fingerprint density at radius 2 is 2.29 bits per heavy atom. The molecule has 2 rings (SSSR count). The first-order valence-corrected chi connectivity index (χ1v) is 5.54. The standard InChI is InChI=1S/C14H14O3/c1-3-16-13(15)8-7-11-5-4-6-12-9-10(2)17-14(11)12/h4-9H,3H2,1-2H3/b8-7+. The molecule has 0 aliphatic carbocycles. The smallest absolute Gasteiger partial charge is 0.330 e. The fourth-order valence-electron chi connectivity index (χ4n) is 1.69. The van der Waals surface area contributed by atoms with E-state index in [1.54, 1.807) is 13.0 Å². The van der Waals surface area contributed by atoms with Gasteiger partial charge in [0.25, 0.3) is 0 Å². The predicted octanol–water partition coefficient (Wildman–Crippen LogP) is 3.32. The Labute approximate surface area is 99.7 Å². The molecule has 0 amide bonds. The lowest BCUT2D eigenvalue weighted by Crippen LogP contribution is -1.98. The van der Waals surface area contributed by atoms with E-state index in [0.717, 1.165) is 22.3 Å². The second-order valence-electron chi connectivity index (χ2n) is 3.71. The molecule has 0 N–H and O–H groups in total. The van der Waals surface area contributed by atoms with E-state index in [9.17, 15) is 4.79 Å². The minimum Gasteiger partial charge on any atom is -0.463 e. The topological polar surface area (TPSA) is 39.4 Å². The van der Waals surface area contributed by atoms with Gasteiger partial charge in [0, 0.05) is 17.0 Å². The van der Waals surface area contributed by atoms with E-state index in [1.165, 1.54) is 6.08 Å². The van der Waals surface area contributed by atoms with Crippen LogP contribution in [0.2, 0.25) is 0 Å². The Bertz CT molecular complexity index is 564. The monoisotopic (exact) mass is 230 g/mol. The molecule has 2 aromatic rings. The highest BCUT2D eigenvalue weighted by Crippen LogP contribution is 2.23.